The Morgan fingerprint density at radius 1 is 1.40 bits per heavy atom. The fraction of sp³-hybridized carbons (Fsp3) is 0.636. The van der Waals surface area contributed by atoms with Gasteiger partial charge in [0.1, 0.15) is 6.10 Å². The average Bonchev–Trinajstić information content (AvgIpc) is 2.58. The van der Waals surface area contributed by atoms with Gasteiger partial charge < -0.3 is 10.1 Å². The summed E-state index contributed by atoms with van der Waals surface area (Å²) < 4.78 is 5.75. The molecule has 0 saturated carbocycles. The first-order valence-corrected chi connectivity index (χ1v) is 5.35. The van der Waals surface area contributed by atoms with Crippen molar-refractivity contribution in [3.05, 3.63) is 17.6 Å². The van der Waals surface area contributed by atoms with E-state index in [1.165, 1.54) is 0 Å². The number of rotatable bonds is 2. The van der Waals surface area contributed by atoms with Gasteiger partial charge in [-0.25, -0.2) is 4.98 Å². The molecule has 2 heterocycles. The molecule has 4 heteroatoms. The maximum Gasteiger partial charge on any atom is 0.232 e. The Hall–Kier alpha value is -1.16. The fourth-order valence-corrected chi connectivity index (χ4v) is 1.73. The van der Waals surface area contributed by atoms with E-state index >= 15 is 0 Å². The second-order valence-electron chi connectivity index (χ2n) is 4.16. The van der Waals surface area contributed by atoms with E-state index in [-0.39, 0.29) is 6.10 Å². The maximum absolute atomic E-state index is 5.75. The monoisotopic (exact) mass is 207 g/mol. The first-order valence-electron chi connectivity index (χ1n) is 5.35. The SMILES string of the molecule is Cc1ncc(O[C@H]2CN[C@@H](C)C2)nc1C. The lowest BCUT2D eigenvalue weighted by atomic mass is 10.2. The van der Waals surface area contributed by atoms with Gasteiger partial charge in [0.05, 0.1) is 17.6 Å². The normalized spacial score (nSPS) is 25.5. The van der Waals surface area contributed by atoms with Crippen LogP contribution in [0.1, 0.15) is 24.7 Å². The van der Waals surface area contributed by atoms with Crippen molar-refractivity contribution in [2.75, 3.05) is 6.54 Å². The van der Waals surface area contributed by atoms with Gasteiger partial charge in [-0.3, -0.25) is 4.98 Å². The molecule has 1 saturated heterocycles. The van der Waals surface area contributed by atoms with Crippen molar-refractivity contribution < 1.29 is 4.74 Å². The lowest BCUT2D eigenvalue weighted by molar-refractivity contribution is 0.210. The summed E-state index contributed by atoms with van der Waals surface area (Å²) in [5.74, 6) is 0.638. The van der Waals surface area contributed by atoms with Crippen LogP contribution in [0.2, 0.25) is 0 Å². The summed E-state index contributed by atoms with van der Waals surface area (Å²) in [6.07, 6.45) is 2.97. The minimum absolute atomic E-state index is 0.233. The number of nitrogens with zero attached hydrogens (tertiary/aromatic N) is 2. The van der Waals surface area contributed by atoms with E-state index in [4.69, 9.17) is 4.74 Å². The summed E-state index contributed by atoms with van der Waals surface area (Å²) in [7, 11) is 0. The van der Waals surface area contributed by atoms with E-state index in [0.29, 0.717) is 11.9 Å². The quantitative estimate of drug-likeness (QED) is 0.792. The van der Waals surface area contributed by atoms with Gasteiger partial charge in [0, 0.05) is 19.0 Å². The molecule has 82 valence electrons. The number of aromatic nitrogens is 2. The van der Waals surface area contributed by atoms with E-state index in [9.17, 15) is 0 Å². The van der Waals surface area contributed by atoms with Gasteiger partial charge in [-0.15, -0.1) is 0 Å². The molecule has 15 heavy (non-hydrogen) atoms. The molecule has 2 rings (SSSR count). The zero-order valence-electron chi connectivity index (χ0n) is 9.45. The summed E-state index contributed by atoms with van der Waals surface area (Å²) in [6, 6.07) is 0.537. The molecular weight excluding hydrogens is 190 g/mol. The third-order valence-electron chi connectivity index (χ3n) is 2.77. The fourth-order valence-electron chi connectivity index (χ4n) is 1.73. The Morgan fingerprint density at radius 3 is 2.80 bits per heavy atom. The van der Waals surface area contributed by atoms with Crippen LogP contribution in [-0.4, -0.2) is 28.7 Å². The van der Waals surface area contributed by atoms with Crippen molar-refractivity contribution in [2.45, 2.75) is 39.3 Å². The summed E-state index contributed by atoms with van der Waals surface area (Å²) in [5.41, 5.74) is 1.90. The summed E-state index contributed by atoms with van der Waals surface area (Å²) in [5, 5.41) is 3.34. The zero-order valence-corrected chi connectivity index (χ0v) is 9.45. The number of nitrogens with one attached hydrogen (secondary N) is 1. The Balaban J connectivity index is 2.02. The van der Waals surface area contributed by atoms with Gasteiger partial charge in [-0.1, -0.05) is 0 Å². The highest BCUT2D eigenvalue weighted by Gasteiger charge is 2.22. The largest absolute Gasteiger partial charge is 0.472 e. The number of hydrogen-bond acceptors (Lipinski definition) is 4. The molecule has 1 fully saturated rings. The highest BCUT2D eigenvalue weighted by atomic mass is 16.5. The number of aryl methyl sites for hydroxylation is 2. The Kier molecular flexibility index (Phi) is 2.86. The van der Waals surface area contributed by atoms with Crippen LogP contribution in [0.3, 0.4) is 0 Å². The van der Waals surface area contributed by atoms with Crippen LogP contribution >= 0.6 is 0 Å². The van der Waals surface area contributed by atoms with Crippen molar-refractivity contribution in [3.8, 4) is 5.88 Å². The molecule has 1 aliphatic heterocycles. The van der Waals surface area contributed by atoms with Crippen LogP contribution in [0.5, 0.6) is 5.88 Å². The summed E-state index contributed by atoms with van der Waals surface area (Å²) in [6.45, 7) is 6.96. The standard InChI is InChI=1S/C11H17N3O/c1-7-4-10(5-12-7)15-11-6-13-8(2)9(3)14-11/h6-7,10,12H,4-5H2,1-3H3/t7-,10+/m0/s1. The zero-order chi connectivity index (χ0) is 10.8. The molecule has 1 aromatic heterocycles. The average molecular weight is 207 g/mol. The van der Waals surface area contributed by atoms with Crippen LogP contribution in [-0.2, 0) is 0 Å². The van der Waals surface area contributed by atoms with Crippen molar-refractivity contribution in [1.29, 1.82) is 0 Å². The lowest BCUT2D eigenvalue weighted by Gasteiger charge is -2.11. The third kappa shape index (κ3) is 2.45. The van der Waals surface area contributed by atoms with Crippen molar-refractivity contribution >= 4 is 0 Å². The third-order valence-corrected chi connectivity index (χ3v) is 2.77. The highest BCUT2D eigenvalue weighted by Crippen LogP contribution is 2.15. The van der Waals surface area contributed by atoms with Crippen molar-refractivity contribution in [1.82, 2.24) is 15.3 Å². The van der Waals surface area contributed by atoms with Crippen molar-refractivity contribution in [2.24, 2.45) is 0 Å². The summed E-state index contributed by atoms with van der Waals surface area (Å²) in [4.78, 5) is 8.58. The molecule has 0 aliphatic carbocycles. The van der Waals surface area contributed by atoms with E-state index in [0.717, 1.165) is 24.4 Å². The van der Waals surface area contributed by atoms with Crippen LogP contribution in [0.25, 0.3) is 0 Å². The molecule has 0 amide bonds. The second-order valence-corrected chi connectivity index (χ2v) is 4.16. The molecule has 4 nitrogen and oxygen atoms in total. The van der Waals surface area contributed by atoms with Crippen LogP contribution in [0, 0.1) is 13.8 Å². The smallest absolute Gasteiger partial charge is 0.232 e. The molecule has 0 bridgehead atoms. The van der Waals surface area contributed by atoms with Gasteiger partial charge in [0.15, 0.2) is 0 Å². The number of ether oxygens (including phenoxy) is 1. The molecule has 0 spiro atoms. The molecule has 0 aromatic carbocycles. The van der Waals surface area contributed by atoms with Gasteiger partial charge in [-0.2, -0.15) is 0 Å². The van der Waals surface area contributed by atoms with Gasteiger partial charge in [-0.05, 0) is 20.8 Å². The molecule has 0 unspecified atom stereocenters. The predicted octanol–water partition coefficient (Wildman–Crippen LogP) is 1.22. The molecule has 0 radical (unpaired) electrons. The first-order chi connectivity index (χ1) is 7.15. The van der Waals surface area contributed by atoms with E-state index in [1.54, 1.807) is 6.20 Å². The van der Waals surface area contributed by atoms with Gasteiger partial charge >= 0.3 is 0 Å². The topological polar surface area (TPSA) is 47.0 Å². The maximum atomic E-state index is 5.75. The number of hydrogen-bond donors (Lipinski definition) is 1. The van der Waals surface area contributed by atoms with Crippen LogP contribution in [0.4, 0.5) is 0 Å². The van der Waals surface area contributed by atoms with Crippen molar-refractivity contribution in [3.63, 3.8) is 0 Å². The molecule has 1 aliphatic rings. The van der Waals surface area contributed by atoms with Crippen LogP contribution in [0.15, 0.2) is 6.20 Å². The summed E-state index contributed by atoms with van der Waals surface area (Å²) >= 11 is 0. The Morgan fingerprint density at radius 2 is 2.20 bits per heavy atom. The highest BCUT2D eigenvalue weighted by molar-refractivity contribution is 5.14. The molecule has 1 aromatic rings. The van der Waals surface area contributed by atoms with Gasteiger partial charge in [0.2, 0.25) is 5.88 Å². The van der Waals surface area contributed by atoms with Crippen LogP contribution < -0.4 is 10.1 Å². The molecule has 1 N–H and O–H groups in total. The lowest BCUT2D eigenvalue weighted by Crippen LogP contribution is -2.21. The molecular formula is C11H17N3O. The minimum Gasteiger partial charge on any atom is -0.472 e. The van der Waals surface area contributed by atoms with E-state index in [2.05, 4.69) is 22.2 Å². The van der Waals surface area contributed by atoms with Gasteiger partial charge in [0.25, 0.3) is 0 Å². The predicted molar refractivity (Wildman–Crippen MR) is 58.0 cm³/mol. The molecule has 2 atom stereocenters. The minimum atomic E-state index is 0.233. The van der Waals surface area contributed by atoms with E-state index < -0.39 is 0 Å². The Labute approximate surface area is 90.1 Å². The van der Waals surface area contributed by atoms with E-state index in [1.807, 2.05) is 13.8 Å². The second kappa shape index (κ2) is 4.14. The Bertz CT molecular complexity index is 354. The first kappa shape index (κ1) is 10.4.